The summed E-state index contributed by atoms with van der Waals surface area (Å²) in [6.07, 6.45) is 3.21. The monoisotopic (exact) mass is 246 g/mol. The van der Waals surface area contributed by atoms with Crippen LogP contribution in [0.4, 0.5) is 0 Å². The summed E-state index contributed by atoms with van der Waals surface area (Å²) in [5, 5.41) is 0. The molecule has 1 aliphatic rings. The van der Waals surface area contributed by atoms with Crippen molar-refractivity contribution in [3.63, 3.8) is 0 Å². The molecule has 1 saturated carbocycles. The normalized spacial score (nSPS) is 25.4. The second-order valence-corrected chi connectivity index (χ2v) is 5.82. The summed E-state index contributed by atoms with van der Waals surface area (Å²) in [4.78, 5) is 10.8. The third-order valence-corrected chi connectivity index (χ3v) is 4.43. The summed E-state index contributed by atoms with van der Waals surface area (Å²) in [5.74, 6) is 0.875. The Hall–Kier alpha value is -1.15. The summed E-state index contributed by atoms with van der Waals surface area (Å²) in [6.45, 7) is 5.86. The van der Waals surface area contributed by atoms with Crippen molar-refractivity contribution in [1.82, 2.24) is 0 Å². The highest BCUT2D eigenvalue weighted by Crippen LogP contribution is 2.51. The SMILES string of the molecule is CC1(C)[C@@H](CCOCc2ccccc2)C[C@H]1C=O. The molecule has 0 heterocycles. The molecule has 2 atom stereocenters. The Bertz CT molecular complexity index is 383. The molecule has 0 amide bonds. The van der Waals surface area contributed by atoms with Gasteiger partial charge in [0, 0.05) is 12.5 Å². The standard InChI is InChI=1S/C16H22O2/c1-16(2)14(10-15(16)11-17)8-9-18-12-13-6-4-3-5-7-13/h3-7,11,14-15H,8-10,12H2,1-2H3/t14-,15-/m0/s1. The molecule has 2 rings (SSSR count). The zero-order chi connectivity index (χ0) is 13.0. The van der Waals surface area contributed by atoms with Crippen LogP contribution in [0.3, 0.4) is 0 Å². The van der Waals surface area contributed by atoms with Crippen molar-refractivity contribution in [2.75, 3.05) is 6.61 Å². The number of benzene rings is 1. The van der Waals surface area contributed by atoms with Gasteiger partial charge < -0.3 is 9.53 Å². The van der Waals surface area contributed by atoms with Gasteiger partial charge in [0.2, 0.25) is 0 Å². The lowest BCUT2D eigenvalue weighted by Gasteiger charge is -2.50. The van der Waals surface area contributed by atoms with E-state index < -0.39 is 0 Å². The number of rotatable bonds is 6. The van der Waals surface area contributed by atoms with E-state index in [1.54, 1.807) is 0 Å². The Morgan fingerprint density at radius 3 is 2.67 bits per heavy atom. The molecule has 98 valence electrons. The van der Waals surface area contributed by atoms with Crippen molar-refractivity contribution in [3.8, 4) is 0 Å². The Morgan fingerprint density at radius 1 is 1.33 bits per heavy atom. The summed E-state index contributed by atoms with van der Waals surface area (Å²) >= 11 is 0. The van der Waals surface area contributed by atoms with Crippen LogP contribution in [0.2, 0.25) is 0 Å². The Labute approximate surface area is 109 Å². The van der Waals surface area contributed by atoms with Gasteiger partial charge in [0.1, 0.15) is 6.29 Å². The second kappa shape index (κ2) is 5.66. The quantitative estimate of drug-likeness (QED) is 0.567. The molecule has 0 radical (unpaired) electrons. The summed E-state index contributed by atoms with van der Waals surface area (Å²) in [6, 6.07) is 10.2. The fourth-order valence-electron chi connectivity index (χ4n) is 2.77. The van der Waals surface area contributed by atoms with Gasteiger partial charge in [-0.2, -0.15) is 0 Å². The predicted octanol–water partition coefficient (Wildman–Crippen LogP) is 3.45. The molecule has 2 nitrogen and oxygen atoms in total. The van der Waals surface area contributed by atoms with Gasteiger partial charge in [0.15, 0.2) is 0 Å². The van der Waals surface area contributed by atoms with Gasteiger partial charge in [-0.05, 0) is 29.7 Å². The molecule has 1 fully saturated rings. The average molecular weight is 246 g/mol. The third kappa shape index (κ3) is 2.81. The van der Waals surface area contributed by atoms with Gasteiger partial charge in [-0.15, -0.1) is 0 Å². The van der Waals surface area contributed by atoms with Gasteiger partial charge >= 0.3 is 0 Å². The lowest BCUT2D eigenvalue weighted by molar-refractivity contribution is -0.126. The molecular weight excluding hydrogens is 224 g/mol. The van der Waals surface area contributed by atoms with Crippen LogP contribution in [-0.4, -0.2) is 12.9 Å². The van der Waals surface area contributed by atoms with Crippen molar-refractivity contribution >= 4 is 6.29 Å². The molecule has 2 heteroatoms. The van der Waals surface area contributed by atoms with Crippen molar-refractivity contribution in [1.29, 1.82) is 0 Å². The highest BCUT2D eigenvalue weighted by molar-refractivity contribution is 5.57. The smallest absolute Gasteiger partial charge is 0.123 e. The van der Waals surface area contributed by atoms with Crippen LogP contribution >= 0.6 is 0 Å². The first kappa shape index (κ1) is 13.3. The molecule has 0 spiro atoms. The number of hydrogen-bond donors (Lipinski definition) is 0. The average Bonchev–Trinajstić information content (AvgIpc) is 2.38. The second-order valence-electron chi connectivity index (χ2n) is 5.82. The van der Waals surface area contributed by atoms with Crippen molar-refractivity contribution in [2.45, 2.75) is 33.3 Å². The summed E-state index contributed by atoms with van der Waals surface area (Å²) < 4.78 is 5.70. The Morgan fingerprint density at radius 2 is 2.06 bits per heavy atom. The van der Waals surface area contributed by atoms with Gasteiger partial charge in [0.05, 0.1) is 6.61 Å². The van der Waals surface area contributed by atoms with Gasteiger partial charge in [-0.3, -0.25) is 0 Å². The van der Waals surface area contributed by atoms with E-state index in [1.807, 2.05) is 18.2 Å². The minimum atomic E-state index is 0.165. The molecule has 1 aromatic rings. The van der Waals surface area contributed by atoms with Crippen molar-refractivity contribution in [3.05, 3.63) is 35.9 Å². The minimum Gasteiger partial charge on any atom is -0.377 e. The molecule has 1 aliphatic carbocycles. The van der Waals surface area contributed by atoms with Gasteiger partial charge in [-0.1, -0.05) is 44.2 Å². The maximum atomic E-state index is 10.8. The fourth-order valence-corrected chi connectivity index (χ4v) is 2.77. The number of carbonyl (C=O) groups is 1. The van der Waals surface area contributed by atoms with Gasteiger partial charge in [-0.25, -0.2) is 0 Å². The maximum absolute atomic E-state index is 10.8. The van der Waals surface area contributed by atoms with E-state index in [0.717, 1.165) is 25.7 Å². The largest absolute Gasteiger partial charge is 0.377 e. The lowest BCUT2D eigenvalue weighted by Crippen LogP contribution is -2.46. The van der Waals surface area contributed by atoms with Crippen LogP contribution in [0, 0.1) is 17.3 Å². The first-order valence-corrected chi connectivity index (χ1v) is 6.71. The van der Waals surface area contributed by atoms with E-state index >= 15 is 0 Å². The zero-order valence-electron chi connectivity index (χ0n) is 11.3. The van der Waals surface area contributed by atoms with E-state index in [2.05, 4.69) is 26.0 Å². The van der Waals surface area contributed by atoms with Crippen LogP contribution in [0.1, 0.15) is 32.3 Å². The molecule has 0 saturated heterocycles. The molecular formula is C16H22O2. The zero-order valence-corrected chi connectivity index (χ0v) is 11.3. The first-order chi connectivity index (χ1) is 8.64. The first-order valence-electron chi connectivity index (χ1n) is 6.71. The molecule has 0 aliphatic heterocycles. The molecule has 0 bridgehead atoms. The lowest BCUT2D eigenvalue weighted by atomic mass is 9.54. The Kier molecular flexibility index (Phi) is 4.18. The molecule has 0 N–H and O–H groups in total. The highest BCUT2D eigenvalue weighted by atomic mass is 16.5. The van der Waals surface area contributed by atoms with Crippen molar-refractivity contribution < 1.29 is 9.53 Å². The topological polar surface area (TPSA) is 26.3 Å². The van der Waals surface area contributed by atoms with E-state index in [1.165, 1.54) is 5.56 Å². The number of hydrogen-bond acceptors (Lipinski definition) is 2. The fraction of sp³-hybridized carbons (Fsp3) is 0.562. The van der Waals surface area contributed by atoms with E-state index in [9.17, 15) is 4.79 Å². The van der Waals surface area contributed by atoms with Gasteiger partial charge in [0.25, 0.3) is 0 Å². The van der Waals surface area contributed by atoms with Crippen LogP contribution in [0.25, 0.3) is 0 Å². The maximum Gasteiger partial charge on any atom is 0.123 e. The summed E-state index contributed by atoms with van der Waals surface area (Å²) in [7, 11) is 0. The van der Waals surface area contributed by atoms with Crippen LogP contribution in [0.5, 0.6) is 0 Å². The Balaban J connectivity index is 1.67. The number of ether oxygens (including phenoxy) is 1. The van der Waals surface area contributed by atoms with Crippen LogP contribution < -0.4 is 0 Å². The van der Waals surface area contributed by atoms with Crippen LogP contribution in [-0.2, 0) is 16.1 Å². The molecule has 1 aromatic carbocycles. The van der Waals surface area contributed by atoms with E-state index in [0.29, 0.717) is 12.5 Å². The molecule has 0 aromatic heterocycles. The highest BCUT2D eigenvalue weighted by Gasteiger charge is 2.47. The molecule has 0 unspecified atom stereocenters. The van der Waals surface area contributed by atoms with Crippen molar-refractivity contribution in [2.24, 2.45) is 17.3 Å². The molecule has 18 heavy (non-hydrogen) atoms. The van der Waals surface area contributed by atoms with Crippen LogP contribution in [0.15, 0.2) is 30.3 Å². The number of aldehydes is 1. The number of carbonyl (C=O) groups excluding carboxylic acids is 1. The predicted molar refractivity (Wildman–Crippen MR) is 72.2 cm³/mol. The van der Waals surface area contributed by atoms with E-state index in [-0.39, 0.29) is 11.3 Å². The van der Waals surface area contributed by atoms with E-state index in [4.69, 9.17) is 4.74 Å². The minimum absolute atomic E-state index is 0.165. The summed E-state index contributed by atoms with van der Waals surface area (Å²) in [5.41, 5.74) is 1.38. The third-order valence-electron chi connectivity index (χ3n) is 4.43.